The number of hydrogen-bond donors (Lipinski definition) is 1. The van der Waals surface area contributed by atoms with Crippen molar-refractivity contribution in [1.29, 1.82) is 0 Å². The summed E-state index contributed by atoms with van der Waals surface area (Å²) in [5.74, 6) is -0.562. The Labute approximate surface area is 199 Å². The number of nitrogens with one attached hydrogen (secondary N) is 1. The maximum atomic E-state index is 13.2. The zero-order valence-electron chi connectivity index (χ0n) is 18.9. The molecule has 0 saturated carbocycles. The molecule has 34 heavy (non-hydrogen) atoms. The SMILES string of the molecule is CCN(c1ccccc1)S(=O)(=O)c1cccc(C(=O)OCC(=O)NCc2ccc(OC)cc2)c1. The van der Waals surface area contributed by atoms with Crippen molar-refractivity contribution in [1.82, 2.24) is 5.32 Å². The summed E-state index contributed by atoms with van der Waals surface area (Å²) in [6.07, 6.45) is 0. The number of carbonyl (C=O) groups excluding carboxylic acids is 2. The van der Waals surface area contributed by atoms with E-state index >= 15 is 0 Å². The molecule has 3 aromatic carbocycles. The maximum Gasteiger partial charge on any atom is 0.338 e. The minimum atomic E-state index is -3.90. The predicted molar refractivity (Wildman–Crippen MR) is 128 cm³/mol. The Balaban J connectivity index is 1.62. The molecule has 0 saturated heterocycles. The van der Waals surface area contributed by atoms with E-state index in [0.29, 0.717) is 11.4 Å². The molecular formula is C25H26N2O6S. The highest BCUT2D eigenvalue weighted by atomic mass is 32.2. The fraction of sp³-hybridized carbons (Fsp3) is 0.200. The molecule has 0 atom stereocenters. The maximum absolute atomic E-state index is 13.2. The van der Waals surface area contributed by atoms with E-state index < -0.39 is 28.5 Å². The standard InChI is InChI=1S/C25H26N2O6S/c1-3-27(21-9-5-4-6-10-21)34(30,31)23-11-7-8-20(16-23)25(29)33-18-24(28)26-17-19-12-14-22(32-2)15-13-19/h4-16H,3,17-18H2,1-2H3,(H,26,28). The van der Waals surface area contributed by atoms with E-state index in [1.165, 1.54) is 28.6 Å². The first-order chi connectivity index (χ1) is 16.3. The molecule has 0 radical (unpaired) electrons. The molecule has 0 aliphatic rings. The van der Waals surface area contributed by atoms with Gasteiger partial charge in [0.25, 0.3) is 15.9 Å². The number of rotatable bonds is 10. The minimum Gasteiger partial charge on any atom is -0.497 e. The highest BCUT2D eigenvalue weighted by molar-refractivity contribution is 7.92. The Hall–Kier alpha value is -3.85. The third-order valence-electron chi connectivity index (χ3n) is 4.97. The molecule has 178 valence electrons. The summed E-state index contributed by atoms with van der Waals surface area (Å²) in [4.78, 5) is 24.5. The summed E-state index contributed by atoms with van der Waals surface area (Å²) in [6, 6.07) is 21.4. The summed E-state index contributed by atoms with van der Waals surface area (Å²) < 4.78 is 37.8. The van der Waals surface area contributed by atoms with E-state index in [-0.39, 0.29) is 23.5 Å². The van der Waals surface area contributed by atoms with Gasteiger partial charge in [0.1, 0.15) is 5.75 Å². The molecule has 0 bridgehead atoms. The van der Waals surface area contributed by atoms with Crippen LogP contribution in [0.25, 0.3) is 0 Å². The van der Waals surface area contributed by atoms with Gasteiger partial charge in [0.05, 0.1) is 23.3 Å². The van der Waals surface area contributed by atoms with Gasteiger partial charge in [-0.15, -0.1) is 0 Å². The van der Waals surface area contributed by atoms with Gasteiger partial charge in [-0.05, 0) is 55.0 Å². The van der Waals surface area contributed by atoms with Crippen LogP contribution in [0.1, 0.15) is 22.8 Å². The summed E-state index contributed by atoms with van der Waals surface area (Å²) in [5.41, 5.74) is 1.41. The van der Waals surface area contributed by atoms with E-state index in [4.69, 9.17) is 9.47 Å². The lowest BCUT2D eigenvalue weighted by molar-refractivity contribution is -0.124. The van der Waals surface area contributed by atoms with Crippen LogP contribution in [-0.4, -0.2) is 40.6 Å². The number of sulfonamides is 1. The van der Waals surface area contributed by atoms with Gasteiger partial charge in [0.15, 0.2) is 6.61 Å². The van der Waals surface area contributed by atoms with Crippen molar-refractivity contribution in [3.63, 3.8) is 0 Å². The number of para-hydroxylation sites is 1. The first kappa shape index (κ1) is 24.8. The van der Waals surface area contributed by atoms with Gasteiger partial charge in [0.2, 0.25) is 0 Å². The average molecular weight is 483 g/mol. The lowest BCUT2D eigenvalue weighted by Gasteiger charge is -2.23. The van der Waals surface area contributed by atoms with Crippen LogP contribution in [0.4, 0.5) is 5.69 Å². The summed E-state index contributed by atoms with van der Waals surface area (Å²) in [5, 5.41) is 2.66. The molecule has 0 heterocycles. The van der Waals surface area contributed by atoms with Crippen LogP contribution in [0.5, 0.6) is 5.75 Å². The Kier molecular flexibility index (Phi) is 8.26. The molecule has 0 aliphatic carbocycles. The Bertz CT molecular complexity index is 1230. The number of esters is 1. The van der Waals surface area contributed by atoms with Gasteiger partial charge >= 0.3 is 5.97 Å². The summed E-state index contributed by atoms with van der Waals surface area (Å²) in [7, 11) is -2.33. The summed E-state index contributed by atoms with van der Waals surface area (Å²) >= 11 is 0. The molecule has 3 rings (SSSR count). The molecule has 0 spiro atoms. The van der Waals surface area contributed by atoms with Crippen molar-refractivity contribution >= 4 is 27.6 Å². The van der Waals surface area contributed by atoms with E-state index in [2.05, 4.69) is 5.32 Å². The highest BCUT2D eigenvalue weighted by Gasteiger charge is 2.24. The molecule has 9 heteroatoms. The third-order valence-corrected chi connectivity index (χ3v) is 6.87. The first-order valence-electron chi connectivity index (χ1n) is 10.6. The largest absolute Gasteiger partial charge is 0.497 e. The van der Waals surface area contributed by atoms with Crippen molar-refractivity contribution in [2.45, 2.75) is 18.4 Å². The fourth-order valence-electron chi connectivity index (χ4n) is 3.21. The second-order valence-electron chi connectivity index (χ2n) is 7.23. The Morgan fingerprint density at radius 1 is 0.941 bits per heavy atom. The van der Waals surface area contributed by atoms with Crippen LogP contribution in [0, 0.1) is 0 Å². The zero-order valence-corrected chi connectivity index (χ0v) is 19.7. The first-order valence-corrected chi connectivity index (χ1v) is 12.0. The van der Waals surface area contributed by atoms with Gasteiger partial charge < -0.3 is 14.8 Å². The molecule has 0 aliphatic heterocycles. The van der Waals surface area contributed by atoms with Gasteiger partial charge in [-0.2, -0.15) is 0 Å². The molecule has 0 unspecified atom stereocenters. The van der Waals surface area contributed by atoms with Gasteiger partial charge in [-0.3, -0.25) is 9.10 Å². The van der Waals surface area contributed by atoms with Crippen LogP contribution in [0.3, 0.4) is 0 Å². The molecule has 8 nitrogen and oxygen atoms in total. The van der Waals surface area contributed by atoms with Crippen LogP contribution in [0.15, 0.2) is 83.8 Å². The molecule has 1 amide bonds. The van der Waals surface area contributed by atoms with E-state index in [1.54, 1.807) is 56.5 Å². The van der Waals surface area contributed by atoms with E-state index in [1.807, 2.05) is 12.1 Å². The van der Waals surface area contributed by atoms with Gasteiger partial charge in [0, 0.05) is 13.1 Å². The summed E-state index contributed by atoms with van der Waals surface area (Å²) in [6.45, 7) is 1.72. The molecular weight excluding hydrogens is 456 g/mol. The quantitative estimate of drug-likeness (QED) is 0.445. The van der Waals surface area contributed by atoms with E-state index in [9.17, 15) is 18.0 Å². The molecule has 3 aromatic rings. The topological polar surface area (TPSA) is 102 Å². The predicted octanol–water partition coefficient (Wildman–Crippen LogP) is 3.38. The van der Waals surface area contributed by atoms with Crippen molar-refractivity contribution in [3.05, 3.63) is 90.0 Å². The molecule has 0 aromatic heterocycles. The number of amides is 1. The second-order valence-corrected chi connectivity index (χ2v) is 9.10. The molecule has 0 fully saturated rings. The third kappa shape index (κ3) is 6.14. The average Bonchev–Trinajstić information content (AvgIpc) is 2.87. The number of benzene rings is 3. The second kappa shape index (κ2) is 11.3. The van der Waals surface area contributed by atoms with Crippen LogP contribution in [-0.2, 0) is 26.1 Å². The van der Waals surface area contributed by atoms with Crippen LogP contribution in [0.2, 0.25) is 0 Å². The van der Waals surface area contributed by atoms with Crippen LogP contribution < -0.4 is 14.4 Å². The fourth-order valence-corrected chi connectivity index (χ4v) is 4.73. The monoisotopic (exact) mass is 482 g/mol. The number of hydrogen-bond acceptors (Lipinski definition) is 6. The smallest absolute Gasteiger partial charge is 0.338 e. The Morgan fingerprint density at radius 3 is 2.29 bits per heavy atom. The number of methoxy groups -OCH3 is 1. The van der Waals surface area contributed by atoms with Crippen molar-refractivity contribution in [2.24, 2.45) is 0 Å². The van der Waals surface area contributed by atoms with Crippen molar-refractivity contribution < 1.29 is 27.5 Å². The van der Waals surface area contributed by atoms with Crippen LogP contribution >= 0.6 is 0 Å². The van der Waals surface area contributed by atoms with Gasteiger partial charge in [-0.25, -0.2) is 13.2 Å². The highest BCUT2D eigenvalue weighted by Crippen LogP contribution is 2.24. The number of carbonyl (C=O) groups is 2. The normalized spacial score (nSPS) is 10.9. The lowest BCUT2D eigenvalue weighted by atomic mass is 10.2. The Morgan fingerprint density at radius 2 is 1.65 bits per heavy atom. The molecule has 1 N–H and O–H groups in total. The zero-order chi connectivity index (χ0) is 24.6. The van der Waals surface area contributed by atoms with Gasteiger partial charge in [-0.1, -0.05) is 36.4 Å². The number of anilines is 1. The minimum absolute atomic E-state index is 0.0353. The van der Waals surface area contributed by atoms with E-state index in [0.717, 1.165) is 5.56 Å². The number of nitrogens with zero attached hydrogens (tertiary/aromatic N) is 1. The van der Waals surface area contributed by atoms with Crippen molar-refractivity contribution in [2.75, 3.05) is 24.6 Å². The number of ether oxygens (including phenoxy) is 2. The van der Waals surface area contributed by atoms with Crippen molar-refractivity contribution in [3.8, 4) is 5.75 Å². The lowest BCUT2D eigenvalue weighted by Crippen LogP contribution is -2.31.